The topological polar surface area (TPSA) is 58.6 Å². The smallest absolute Gasteiger partial charge is 0.328 e. The molecule has 0 atom stereocenters. The van der Waals surface area contributed by atoms with Crippen molar-refractivity contribution < 1.29 is 14.3 Å². The molecular weight excluding hydrogens is 256 g/mol. The van der Waals surface area contributed by atoms with E-state index >= 15 is 0 Å². The summed E-state index contributed by atoms with van der Waals surface area (Å²) in [7, 11) is 0. The molecule has 1 N–H and O–H groups in total. The third-order valence-corrected chi connectivity index (χ3v) is 4.18. The summed E-state index contributed by atoms with van der Waals surface area (Å²) in [4.78, 5) is 26.2. The van der Waals surface area contributed by atoms with Crippen LogP contribution < -0.4 is 10.2 Å². The first kappa shape index (κ1) is 13.1. The molecule has 3 rings (SSSR count). The summed E-state index contributed by atoms with van der Waals surface area (Å²) >= 11 is 0. The van der Waals surface area contributed by atoms with Crippen LogP contribution in [0.25, 0.3) is 0 Å². The lowest BCUT2D eigenvalue weighted by atomic mass is 9.77. The summed E-state index contributed by atoms with van der Waals surface area (Å²) in [6, 6.07) is 7.09. The zero-order valence-corrected chi connectivity index (χ0v) is 11.5. The highest BCUT2D eigenvalue weighted by molar-refractivity contribution is 6.18. The number of nitrogens with one attached hydrogen (secondary N) is 1. The number of amides is 3. The number of aryl methyl sites for hydroxylation is 1. The minimum Gasteiger partial charge on any atom is -0.381 e. The van der Waals surface area contributed by atoms with Crippen LogP contribution in [0.4, 0.5) is 10.5 Å². The SMILES string of the molecule is Cc1ccc(N2C(=O)NCC3(CCOCC3)C2=O)cc1. The maximum Gasteiger partial charge on any atom is 0.328 e. The molecule has 0 bridgehead atoms. The Kier molecular flexibility index (Phi) is 3.22. The van der Waals surface area contributed by atoms with Crippen LogP contribution in [0.1, 0.15) is 18.4 Å². The van der Waals surface area contributed by atoms with Crippen LogP contribution in [-0.4, -0.2) is 31.7 Å². The zero-order chi connectivity index (χ0) is 14.2. The van der Waals surface area contributed by atoms with Gasteiger partial charge in [-0.3, -0.25) is 4.79 Å². The molecule has 2 fully saturated rings. The highest BCUT2D eigenvalue weighted by Gasteiger charge is 2.48. The van der Waals surface area contributed by atoms with Crippen LogP contribution in [0, 0.1) is 12.3 Å². The van der Waals surface area contributed by atoms with Crippen molar-refractivity contribution in [1.82, 2.24) is 5.32 Å². The molecule has 0 saturated carbocycles. The molecule has 2 heterocycles. The van der Waals surface area contributed by atoms with Crippen LogP contribution in [0.2, 0.25) is 0 Å². The molecule has 5 heteroatoms. The molecule has 20 heavy (non-hydrogen) atoms. The van der Waals surface area contributed by atoms with Gasteiger partial charge in [-0.15, -0.1) is 0 Å². The Balaban J connectivity index is 1.93. The van der Waals surface area contributed by atoms with E-state index in [4.69, 9.17) is 4.74 Å². The van der Waals surface area contributed by atoms with Crippen LogP contribution in [0.3, 0.4) is 0 Å². The molecule has 2 aliphatic heterocycles. The monoisotopic (exact) mass is 274 g/mol. The van der Waals surface area contributed by atoms with Gasteiger partial charge in [0.2, 0.25) is 5.91 Å². The van der Waals surface area contributed by atoms with Gasteiger partial charge in [0, 0.05) is 19.8 Å². The number of carbonyl (C=O) groups excluding carboxylic acids is 2. The zero-order valence-electron chi connectivity index (χ0n) is 11.5. The number of anilines is 1. The van der Waals surface area contributed by atoms with Crippen molar-refractivity contribution in [3.05, 3.63) is 29.8 Å². The molecule has 3 amide bonds. The molecule has 1 spiro atoms. The number of rotatable bonds is 1. The second-order valence-electron chi connectivity index (χ2n) is 5.53. The van der Waals surface area contributed by atoms with Gasteiger partial charge < -0.3 is 10.1 Å². The molecule has 0 radical (unpaired) electrons. The number of benzene rings is 1. The number of imide groups is 1. The summed E-state index contributed by atoms with van der Waals surface area (Å²) in [5.74, 6) is -0.103. The van der Waals surface area contributed by atoms with Crippen LogP contribution >= 0.6 is 0 Å². The van der Waals surface area contributed by atoms with Crippen molar-refractivity contribution in [3.63, 3.8) is 0 Å². The lowest BCUT2D eigenvalue weighted by molar-refractivity contribution is -0.133. The molecule has 0 aromatic heterocycles. The Bertz CT molecular complexity index is 533. The van der Waals surface area contributed by atoms with Gasteiger partial charge in [0.05, 0.1) is 11.1 Å². The third-order valence-electron chi connectivity index (χ3n) is 4.18. The molecule has 1 aromatic carbocycles. The largest absolute Gasteiger partial charge is 0.381 e. The standard InChI is InChI=1S/C15H18N2O3/c1-11-2-4-12(5-3-11)17-13(18)15(10-16-14(17)19)6-8-20-9-7-15/h2-5H,6-10H2,1H3,(H,16,19). The fourth-order valence-corrected chi connectivity index (χ4v) is 2.81. The number of hydrogen-bond donors (Lipinski definition) is 1. The first-order valence-electron chi connectivity index (χ1n) is 6.89. The highest BCUT2D eigenvalue weighted by atomic mass is 16.5. The molecule has 5 nitrogen and oxygen atoms in total. The Morgan fingerprint density at radius 2 is 1.80 bits per heavy atom. The Labute approximate surface area is 117 Å². The minimum absolute atomic E-state index is 0.103. The lowest BCUT2D eigenvalue weighted by Gasteiger charge is -2.42. The highest BCUT2D eigenvalue weighted by Crippen LogP contribution is 2.36. The second kappa shape index (κ2) is 4.90. The average Bonchev–Trinajstić information content (AvgIpc) is 2.47. The maximum atomic E-state index is 12.8. The van der Waals surface area contributed by atoms with Crippen molar-refractivity contribution in [2.45, 2.75) is 19.8 Å². The molecule has 106 valence electrons. The Hall–Kier alpha value is -1.88. The van der Waals surface area contributed by atoms with Gasteiger partial charge >= 0.3 is 6.03 Å². The molecule has 0 unspecified atom stereocenters. The van der Waals surface area contributed by atoms with E-state index in [0.29, 0.717) is 38.3 Å². The van der Waals surface area contributed by atoms with Gasteiger partial charge in [-0.2, -0.15) is 0 Å². The second-order valence-corrected chi connectivity index (χ2v) is 5.53. The van der Waals surface area contributed by atoms with Gasteiger partial charge in [0.1, 0.15) is 0 Å². The normalized spacial score (nSPS) is 21.9. The van der Waals surface area contributed by atoms with Crippen molar-refractivity contribution >= 4 is 17.6 Å². The summed E-state index contributed by atoms with van der Waals surface area (Å²) in [6.07, 6.45) is 1.32. The van der Waals surface area contributed by atoms with Gasteiger partial charge in [0.15, 0.2) is 0 Å². The number of carbonyl (C=O) groups is 2. The predicted molar refractivity (Wildman–Crippen MR) is 74.5 cm³/mol. The Morgan fingerprint density at radius 3 is 2.45 bits per heavy atom. The first-order valence-corrected chi connectivity index (χ1v) is 6.89. The van der Waals surface area contributed by atoms with E-state index in [2.05, 4.69) is 5.32 Å². The number of urea groups is 1. The van der Waals surface area contributed by atoms with Crippen molar-refractivity contribution in [1.29, 1.82) is 0 Å². The predicted octanol–water partition coefficient (Wildman–Crippen LogP) is 1.85. The average molecular weight is 274 g/mol. The van der Waals surface area contributed by atoms with E-state index < -0.39 is 5.41 Å². The van der Waals surface area contributed by atoms with Crippen LogP contribution in [0.15, 0.2) is 24.3 Å². The fraction of sp³-hybridized carbons (Fsp3) is 0.467. The quantitative estimate of drug-likeness (QED) is 0.850. The summed E-state index contributed by atoms with van der Waals surface area (Å²) < 4.78 is 5.35. The maximum absolute atomic E-state index is 12.8. The van der Waals surface area contributed by atoms with Gasteiger partial charge in [-0.25, -0.2) is 9.69 Å². The third kappa shape index (κ3) is 2.08. The molecule has 0 aliphatic carbocycles. The van der Waals surface area contributed by atoms with E-state index in [-0.39, 0.29) is 11.9 Å². The molecule has 2 aliphatic rings. The van der Waals surface area contributed by atoms with E-state index in [1.807, 2.05) is 31.2 Å². The van der Waals surface area contributed by atoms with Crippen LogP contribution in [0.5, 0.6) is 0 Å². The molecule has 2 saturated heterocycles. The number of nitrogens with zero attached hydrogens (tertiary/aromatic N) is 1. The van der Waals surface area contributed by atoms with E-state index in [1.54, 1.807) is 0 Å². The van der Waals surface area contributed by atoms with Gasteiger partial charge in [-0.1, -0.05) is 17.7 Å². The van der Waals surface area contributed by atoms with Crippen LogP contribution in [-0.2, 0) is 9.53 Å². The summed E-state index contributed by atoms with van der Waals surface area (Å²) in [5, 5.41) is 2.85. The fourth-order valence-electron chi connectivity index (χ4n) is 2.81. The Morgan fingerprint density at radius 1 is 1.15 bits per heavy atom. The number of hydrogen-bond acceptors (Lipinski definition) is 3. The lowest BCUT2D eigenvalue weighted by Crippen LogP contribution is -2.62. The van der Waals surface area contributed by atoms with Crippen molar-refractivity contribution in [2.24, 2.45) is 5.41 Å². The molecular formula is C15H18N2O3. The van der Waals surface area contributed by atoms with E-state index in [1.165, 1.54) is 4.90 Å². The summed E-state index contributed by atoms with van der Waals surface area (Å²) in [6.45, 7) is 3.53. The van der Waals surface area contributed by atoms with E-state index in [0.717, 1.165) is 5.56 Å². The summed E-state index contributed by atoms with van der Waals surface area (Å²) in [5.41, 5.74) is 1.22. The molecule has 1 aromatic rings. The van der Waals surface area contributed by atoms with Gasteiger partial charge in [0.25, 0.3) is 0 Å². The first-order chi connectivity index (χ1) is 9.62. The van der Waals surface area contributed by atoms with E-state index in [9.17, 15) is 9.59 Å². The van der Waals surface area contributed by atoms with Crippen molar-refractivity contribution in [2.75, 3.05) is 24.7 Å². The number of ether oxygens (including phenoxy) is 1. The van der Waals surface area contributed by atoms with Gasteiger partial charge in [-0.05, 0) is 31.9 Å². The van der Waals surface area contributed by atoms with Crippen molar-refractivity contribution in [3.8, 4) is 0 Å². The minimum atomic E-state index is -0.503.